The van der Waals surface area contributed by atoms with Crippen LogP contribution in [-0.2, 0) is 0 Å². The summed E-state index contributed by atoms with van der Waals surface area (Å²) in [7, 11) is 0. The van der Waals surface area contributed by atoms with Crippen molar-refractivity contribution in [1.82, 2.24) is 10.6 Å². The number of rotatable bonds is 2. The van der Waals surface area contributed by atoms with E-state index in [4.69, 9.17) is 5.11 Å². The second kappa shape index (κ2) is 2.37. The maximum Gasteiger partial charge on any atom is 0.404 e. The van der Waals surface area contributed by atoms with Gasteiger partial charge in [-0.3, -0.25) is 0 Å². The van der Waals surface area contributed by atoms with Crippen molar-refractivity contribution in [1.29, 1.82) is 0 Å². The molecule has 1 saturated carbocycles. The molecule has 1 saturated heterocycles. The Hall–Kier alpha value is -0.770. The third-order valence-corrected chi connectivity index (χ3v) is 2.76. The van der Waals surface area contributed by atoms with E-state index in [1.165, 1.54) is 0 Å². The molecule has 2 unspecified atom stereocenters. The Labute approximate surface area is 65.0 Å². The Bertz CT molecular complexity index is 173. The van der Waals surface area contributed by atoms with Crippen LogP contribution in [0.25, 0.3) is 0 Å². The third-order valence-electron chi connectivity index (χ3n) is 2.76. The molecule has 0 aromatic heterocycles. The van der Waals surface area contributed by atoms with E-state index in [0.29, 0.717) is 12.5 Å². The first-order chi connectivity index (χ1) is 5.29. The molecule has 0 spiro atoms. The van der Waals surface area contributed by atoms with Crippen LogP contribution in [0.1, 0.15) is 0 Å². The van der Waals surface area contributed by atoms with Crippen molar-refractivity contribution in [2.45, 2.75) is 0 Å². The third kappa shape index (κ3) is 1.18. The van der Waals surface area contributed by atoms with Gasteiger partial charge in [0, 0.05) is 6.54 Å². The highest BCUT2D eigenvalue weighted by molar-refractivity contribution is 5.64. The van der Waals surface area contributed by atoms with Gasteiger partial charge in [-0.2, -0.15) is 0 Å². The number of carboxylic acid groups (broad SMARTS) is 1. The lowest BCUT2D eigenvalue weighted by Crippen LogP contribution is -2.27. The van der Waals surface area contributed by atoms with Gasteiger partial charge in [0.05, 0.1) is 0 Å². The van der Waals surface area contributed by atoms with E-state index >= 15 is 0 Å². The number of amides is 1. The molecule has 2 rings (SSSR count). The lowest BCUT2D eigenvalue weighted by atomic mass is 10.3. The molecule has 3 N–H and O–H groups in total. The van der Waals surface area contributed by atoms with Gasteiger partial charge in [-0.25, -0.2) is 4.79 Å². The van der Waals surface area contributed by atoms with Crippen molar-refractivity contribution in [3.05, 3.63) is 0 Å². The minimum absolute atomic E-state index is 0.618. The van der Waals surface area contributed by atoms with Crippen LogP contribution in [0.5, 0.6) is 0 Å². The van der Waals surface area contributed by atoms with Gasteiger partial charge in [0.15, 0.2) is 0 Å². The van der Waals surface area contributed by atoms with Crippen LogP contribution < -0.4 is 10.6 Å². The van der Waals surface area contributed by atoms with Gasteiger partial charge >= 0.3 is 6.09 Å². The van der Waals surface area contributed by atoms with Crippen molar-refractivity contribution in [3.8, 4) is 0 Å². The van der Waals surface area contributed by atoms with E-state index in [9.17, 15) is 4.79 Å². The highest BCUT2D eigenvalue weighted by atomic mass is 16.4. The number of hydrogen-bond acceptors (Lipinski definition) is 2. The molecule has 2 fully saturated rings. The molecule has 0 aromatic carbocycles. The van der Waals surface area contributed by atoms with E-state index in [1.807, 2.05) is 0 Å². The monoisotopic (exact) mass is 156 g/mol. The first-order valence-electron chi connectivity index (χ1n) is 3.96. The van der Waals surface area contributed by atoms with Gasteiger partial charge in [-0.15, -0.1) is 0 Å². The van der Waals surface area contributed by atoms with E-state index in [-0.39, 0.29) is 0 Å². The van der Waals surface area contributed by atoms with E-state index < -0.39 is 6.09 Å². The fourth-order valence-electron chi connectivity index (χ4n) is 2.05. The van der Waals surface area contributed by atoms with Crippen LogP contribution in [0, 0.1) is 17.8 Å². The van der Waals surface area contributed by atoms with E-state index in [1.54, 1.807) is 0 Å². The summed E-state index contributed by atoms with van der Waals surface area (Å²) in [4.78, 5) is 10.1. The van der Waals surface area contributed by atoms with E-state index in [0.717, 1.165) is 24.9 Å². The summed E-state index contributed by atoms with van der Waals surface area (Å²) < 4.78 is 0. The molecule has 11 heavy (non-hydrogen) atoms. The van der Waals surface area contributed by atoms with Crippen LogP contribution in [0.4, 0.5) is 4.79 Å². The molecular formula is C7H12N2O2. The molecule has 1 aliphatic carbocycles. The largest absolute Gasteiger partial charge is 0.465 e. The summed E-state index contributed by atoms with van der Waals surface area (Å²) >= 11 is 0. The second-order valence-electron chi connectivity index (χ2n) is 3.34. The van der Waals surface area contributed by atoms with Crippen molar-refractivity contribution >= 4 is 6.09 Å². The molecule has 4 nitrogen and oxygen atoms in total. The molecule has 1 amide bonds. The summed E-state index contributed by atoms with van der Waals surface area (Å²) in [6, 6.07) is 0. The lowest BCUT2D eigenvalue weighted by molar-refractivity contribution is 0.193. The fourth-order valence-corrected chi connectivity index (χ4v) is 2.05. The normalized spacial score (nSPS) is 39.8. The number of nitrogens with one attached hydrogen (secondary N) is 2. The molecule has 3 atom stereocenters. The lowest BCUT2D eigenvalue weighted by Gasteiger charge is -2.02. The molecule has 0 radical (unpaired) electrons. The Morgan fingerprint density at radius 1 is 1.55 bits per heavy atom. The SMILES string of the molecule is O=C(O)NCC1C2CNC[C@@H]21. The molecule has 0 bridgehead atoms. The number of piperidine rings is 1. The molecule has 1 aliphatic heterocycles. The summed E-state index contributed by atoms with van der Waals surface area (Å²) in [6.45, 7) is 2.81. The molecule has 2 aliphatic rings. The van der Waals surface area contributed by atoms with Crippen LogP contribution >= 0.6 is 0 Å². The standard InChI is InChI=1S/C7H12N2O2/c10-7(11)9-3-6-4-1-8-2-5(4)6/h4-6,8-9H,1-3H2,(H,10,11)/t4-,5?,6?/m0/s1. The topological polar surface area (TPSA) is 61.4 Å². The Morgan fingerprint density at radius 3 is 2.73 bits per heavy atom. The Morgan fingerprint density at radius 2 is 2.18 bits per heavy atom. The van der Waals surface area contributed by atoms with Crippen LogP contribution in [0.3, 0.4) is 0 Å². The minimum Gasteiger partial charge on any atom is -0.465 e. The van der Waals surface area contributed by atoms with Gasteiger partial charge < -0.3 is 15.7 Å². The zero-order chi connectivity index (χ0) is 7.84. The van der Waals surface area contributed by atoms with Crippen molar-refractivity contribution in [2.24, 2.45) is 17.8 Å². The summed E-state index contributed by atoms with van der Waals surface area (Å²) in [5.74, 6) is 2.12. The summed E-state index contributed by atoms with van der Waals surface area (Å²) in [6.07, 6.45) is -0.900. The predicted molar refractivity (Wildman–Crippen MR) is 39.4 cm³/mol. The van der Waals surface area contributed by atoms with Gasteiger partial charge in [0.1, 0.15) is 0 Å². The van der Waals surface area contributed by atoms with Crippen LogP contribution in [0.2, 0.25) is 0 Å². The van der Waals surface area contributed by atoms with Gasteiger partial charge in [0.2, 0.25) is 0 Å². The first kappa shape index (κ1) is 6.91. The van der Waals surface area contributed by atoms with E-state index in [2.05, 4.69) is 10.6 Å². The van der Waals surface area contributed by atoms with Gasteiger partial charge in [0.25, 0.3) is 0 Å². The average molecular weight is 156 g/mol. The fraction of sp³-hybridized carbons (Fsp3) is 0.857. The molecule has 0 aromatic rings. The van der Waals surface area contributed by atoms with Crippen LogP contribution in [-0.4, -0.2) is 30.8 Å². The van der Waals surface area contributed by atoms with Crippen molar-refractivity contribution < 1.29 is 9.90 Å². The second-order valence-corrected chi connectivity index (χ2v) is 3.34. The molecule has 4 heteroatoms. The molecule has 1 heterocycles. The van der Waals surface area contributed by atoms with Crippen LogP contribution in [0.15, 0.2) is 0 Å². The summed E-state index contributed by atoms with van der Waals surface area (Å²) in [5.41, 5.74) is 0. The zero-order valence-corrected chi connectivity index (χ0v) is 6.21. The first-order valence-corrected chi connectivity index (χ1v) is 3.96. The maximum atomic E-state index is 10.1. The number of carbonyl (C=O) groups is 1. The minimum atomic E-state index is -0.900. The van der Waals surface area contributed by atoms with Gasteiger partial charge in [-0.1, -0.05) is 0 Å². The zero-order valence-electron chi connectivity index (χ0n) is 6.21. The van der Waals surface area contributed by atoms with Crippen molar-refractivity contribution in [2.75, 3.05) is 19.6 Å². The molecular weight excluding hydrogens is 144 g/mol. The quantitative estimate of drug-likeness (QED) is 0.515. The van der Waals surface area contributed by atoms with Crippen molar-refractivity contribution in [3.63, 3.8) is 0 Å². The number of hydrogen-bond donors (Lipinski definition) is 3. The maximum absolute atomic E-state index is 10.1. The highest BCUT2D eigenvalue weighted by Gasteiger charge is 2.52. The van der Waals surface area contributed by atoms with Gasteiger partial charge in [-0.05, 0) is 30.8 Å². The predicted octanol–water partition coefficient (Wildman–Crippen LogP) is -0.281. The average Bonchev–Trinajstić information content (AvgIpc) is 2.44. The Kier molecular flexibility index (Phi) is 1.49. The summed E-state index contributed by atoms with van der Waals surface area (Å²) in [5, 5.41) is 14.0. The number of fused-ring (bicyclic) bond motifs is 1. The molecule has 62 valence electrons. The smallest absolute Gasteiger partial charge is 0.404 e. The Balaban J connectivity index is 1.71. The highest BCUT2D eigenvalue weighted by Crippen LogP contribution is 2.47.